The first-order chi connectivity index (χ1) is 10.1. The lowest BCUT2D eigenvalue weighted by Crippen LogP contribution is -2.46. The Morgan fingerprint density at radius 2 is 1.43 bits per heavy atom. The van der Waals surface area contributed by atoms with Crippen molar-refractivity contribution in [1.29, 1.82) is 0 Å². The van der Waals surface area contributed by atoms with Gasteiger partial charge >= 0.3 is 0 Å². The van der Waals surface area contributed by atoms with Crippen LogP contribution in [0.5, 0.6) is 0 Å². The standard InChI is InChI=1S/C14H30N2O5/c1-12(2)13(14(15)17)16-4-5-19-8-9-21-11-10-20-7-6-18-3/h12-13,16H,4-11H2,1-3H3,(H2,15,17)/t13-/m0/s1. The summed E-state index contributed by atoms with van der Waals surface area (Å²) in [6.07, 6.45) is 0. The topological polar surface area (TPSA) is 92.0 Å². The number of nitrogens with one attached hydrogen (secondary N) is 1. The highest BCUT2D eigenvalue weighted by Crippen LogP contribution is 1.99. The number of carbonyl (C=O) groups excluding carboxylic acids is 1. The van der Waals surface area contributed by atoms with Gasteiger partial charge in [0.25, 0.3) is 0 Å². The van der Waals surface area contributed by atoms with Crippen LogP contribution < -0.4 is 11.1 Å². The van der Waals surface area contributed by atoms with Crippen LogP contribution in [0, 0.1) is 5.92 Å². The number of hydrogen-bond acceptors (Lipinski definition) is 6. The van der Waals surface area contributed by atoms with Crippen LogP contribution in [0.1, 0.15) is 13.8 Å². The summed E-state index contributed by atoms with van der Waals surface area (Å²) in [6, 6.07) is -0.311. The number of methoxy groups -OCH3 is 1. The molecule has 0 rings (SSSR count). The minimum absolute atomic E-state index is 0.170. The number of hydrogen-bond donors (Lipinski definition) is 2. The van der Waals surface area contributed by atoms with Gasteiger partial charge in [-0.05, 0) is 5.92 Å². The quantitative estimate of drug-likeness (QED) is 0.407. The molecule has 0 saturated carbocycles. The maximum atomic E-state index is 11.2. The molecule has 0 radical (unpaired) electrons. The van der Waals surface area contributed by atoms with Crippen LogP contribution in [0.15, 0.2) is 0 Å². The first-order valence-electron chi connectivity index (χ1n) is 7.34. The fourth-order valence-corrected chi connectivity index (χ4v) is 1.64. The molecule has 0 fully saturated rings. The number of carbonyl (C=O) groups is 1. The number of primary amides is 1. The molecule has 0 spiro atoms. The Bertz CT molecular complexity index is 252. The number of amides is 1. The summed E-state index contributed by atoms with van der Waals surface area (Å²) in [7, 11) is 1.64. The smallest absolute Gasteiger partial charge is 0.234 e. The van der Waals surface area contributed by atoms with E-state index in [4.69, 9.17) is 24.7 Å². The van der Waals surface area contributed by atoms with Crippen LogP contribution in [0.4, 0.5) is 0 Å². The van der Waals surface area contributed by atoms with Crippen LogP contribution in [-0.2, 0) is 23.7 Å². The van der Waals surface area contributed by atoms with Crippen LogP contribution in [0.2, 0.25) is 0 Å². The first-order valence-corrected chi connectivity index (χ1v) is 7.34. The predicted octanol–water partition coefficient (Wildman–Crippen LogP) is -0.218. The zero-order valence-electron chi connectivity index (χ0n) is 13.4. The summed E-state index contributed by atoms with van der Waals surface area (Å²) in [5, 5.41) is 3.08. The van der Waals surface area contributed by atoms with E-state index in [0.717, 1.165) is 0 Å². The van der Waals surface area contributed by atoms with E-state index in [-0.39, 0.29) is 17.9 Å². The lowest BCUT2D eigenvalue weighted by atomic mass is 10.0. The normalized spacial score (nSPS) is 12.8. The fraction of sp³-hybridized carbons (Fsp3) is 0.929. The molecule has 126 valence electrons. The molecule has 0 bridgehead atoms. The molecular formula is C14H30N2O5. The minimum atomic E-state index is -0.332. The number of ether oxygens (including phenoxy) is 4. The molecule has 21 heavy (non-hydrogen) atoms. The molecule has 0 aliphatic carbocycles. The molecule has 0 heterocycles. The Morgan fingerprint density at radius 3 is 1.86 bits per heavy atom. The van der Waals surface area contributed by atoms with E-state index in [1.54, 1.807) is 7.11 Å². The Hall–Kier alpha value is -0.730. The molecule has 7 nitrogen and oxygen atoms in total. The first kappa shape index (κ1) is 20.3. The summed E-state index contributed by atoms with van der Waals surface area (Å²) in [6.45, 7) is 8.33. The second kappa shape index (κ2) is 14.2. The second-order valence-corrected chi connectivity index (χ2v) is 4.91. The Morgan fingerprint density at radius 1 is 0.952 bits per heavy atom. The summed E-state index contributed by atoms with van der Waals surface area (Å²) in [5.41, 5.74) is 5.30. The van der Waals surface area contributed by atoms with Gasteiger partial charge in [-0.3, -0.25) is 4.79 Å². The van der Waals surface area contributed by atoms with Crippen molar-refractivity contribution in [3.8, 4) is 0 Å². The highest BCUT2D eigenvalue weighted by molar-refractivity contribution is 5.80. The zero-order chi connectivity index (χ0) is 15.9. The average Bonchev–Trinajstić information content (AvgIpc) is 2.43. The summed E-state index contributed by atoms with van der Waals surface area (Å²) in [4.78, 5) is 11.2. The Balaban J connectivity index is 3.27. The van der Waals surface area contributed by atoms with Crippen molar-refractivity contribution in [2.45, 2.75) is 19.9 Å². The van der Waals surface area contributed by atoms with Crippen molar-refractivity contribution >= 4 is 5.91 Å². The van der Waals surface area contributed by atoms with Crippen molar-refractivity contribution in [2.24, 2.45) is 11.7 Å². The van der Waals surface area contributed by atoms with E-state index in [1.165, 1.54) is 0 Å². The van der Waals surface area contributed by atoms with Gasteiger partial charge in [-0.2, -0.15) is 0 Å². The van der Waals surface area contributed by atoms with E-state index in [0.29, 0.717) is 52.8 Å². The number of rotatable bonds is 15. The number of nitrogens with two attached hydrogens (primary N) is 1. The third-order valence-electron chi connectivity index (χ3n) is 2.76. The largest absolute Gasteiger partial charge is 0.382 e. The molecule has 3 N–H and O–H groups in total. The van der Waals surface area contributed by atoms with Crippen LogP contribution >= 0.6 is 0 Å². The summed E-state index contributed by atoms with van der Waals surface area (Å²) >= 11 is 0. The van der Waals surface area contributed by atoms with E-state index >= 15 is 0 Å². The van der Waals surface area contributed by atoms with E-state index in [9.17, 15) is 4.79 Å². The zero-order valence-corrected chi connectivity index (χ0v) is 13.4. The van der Waals surface area contributed by atoms with Crippen LogP contribution in [0.3, 0.4) is 0 Å². The van der Waals surface area contributed by atoms with Gasteiger partial charge in [0.2, 0.25) is 5.91 Å². The highest BCUT2D eigenvalue weighted by atomic mass is 16.6. The molecule has 0 unspecified atom stereocenters. The van der Waals surface area contributed by atoms with Gasteiger partial charge < -0.3 is 30.0 Å². The molecule has 1 amide bonds. The van der Waals surface area contributed by atoms with Gasteiger partial charge in [0.15, 0.2) is 0 Å². The average molecular weight is 306 g/mol. The lowest BCUT2D eigenvalue weighted by molar-refractivity contribution is -0.121. The Labute approximate surface area is 127 Å². The third kappa shape index (κ3) is 12.7. The SMILES string of the molecule is COCCOCCOCCOCCN[C@H](C(N)=O)C(C)C. The van der Waals surface area contributed by atoms with Crippen molar-refractivity contribution in [2.75, 3.05) is 59.9 Å². The molecule has 0 aromatic rings. The van der Waals surface area contributed by atoms with Crippen molar-refractivity contribution < 1.29 is 23.7 Å². The maximum absolute atomic E-state index is 11.2. The van der Waals surface area contributed by atoms with Gasteiger partial charge in [0, 0.05) is 13.7 Å². The summed E-state index contributed by atoms with van der Waals surface area (Å²) in [5.74, 6) is -0.161. The van der Waals surface area contributed by atoms with E-state index < -0.39 is 0 Å². The monoisotopic (exact) mass is 306 g/mol. The van der Waals surface area contributed by atoms with E-state index in [2.05, 4.69) is 5.32 Å². The predicted molar refractivity (Wildman–Crippen MR) is 80.2 cm³/mol. The molecule has 0 aliphatic rings. The molecule has 0 aromatic heterocycles. The van der Waals surface area contributed by atoms with Gasteiger partial charge in [-0.1, -0.05) is 13.8 Å². The minimum Gasteiger partial charge on any atom is -0.382 e. The van der Waals surface area contributed by atoms with Gasteiger partial charge in [0.05, 0.1) is 52.3 Å². The second-order valence-electron chi connectivity index (χ2n) is 4.91. The lowest BCUT2D eigenvalue weighted by Gasteiger charge is -2.18. The summed E-state index contributed by atoms with van der Waals surface area (Å²) < 4.78 is 20.8. The van der Waals surface area contributed by atoms with Gasteiger partial charge in [-0.15, -0.1) is 0 Å². The van der Waals surface area contributed by atoms with Gasteiger partial charge in [-0.25, -0.2) is 0 Å². The highest BCUT2D eigenvalue weighted by Gasteiger charge is 2.17. The van der Waals surface area contributed by atoms with E-state index in [1.807, 2.05) is 13.8 Å². The molecular weight excluding hydrogens is 276 g/mol. The van der Waals surface area contributed by atoms with Gasteiger partial charge in [0.1, 0.15) is 0 Å². The maximum Gasteiger partial charge on any atom is 0.234 e. The van der Waals surface area contributed by atoms with Crippen molar-refractivity contribution in [1.82, 2.24) is 5.32 Å². The Kier molecular flexibility index (Phi) is 13.7. The van der Waals surface area contributed by atoms with Crippen LogP contribution in [-0.4, -0.2) is 71.9 Å². The molecule has 1 atom stereocenters. The molecule has 0 aliphatic heterocycles. The van der Waals surface area contributed by atoms with Crippen molar-refractivity contribution in [3.05, 3.63) is 0 Å². The van der Waals surface area contributed by atoms with Crippen LogP contribution in [0.25, 0.3) is 0 Å². The third-order valence-corrected chi connectivity index (χ3v) is 2.76. The molecule has 0 aromatic carbocycles. The molecule has 0 saturated heterocycles. The molecule has 7 heteroatoms. The van der Waals surface area contributed by atoms with Crippen molar-refractivity contribution in [3.63, 3.8) is 0 Å². The fourth-order valence-electron chi connectivity index (χ4n) is 1.64.